The molecule has 0 N–H and O–H groups in total. The van der Waals surface area contributed by atoms with Crippen LogP contribution in [0.3, 0.4) is 0 Å². The standard InChI is InChI=1S/C15H14FN3O2/c16-11-1-2-13-12(9-11)15(18-21-13)10-4-7-19(8-5-10)14(20)3-6-17/h1-2,9-10H,3-5,7-8H2. The van der Waals surface area contributed by atoms with Crippen molar-refractivity contribution in [3.63, 3.8) is 0 Å². The van der Waals surface area contributed by atoms with Gasteiger partial charge < -0.3 is 9.42 Å². The van der Waals surface area contributed by atoms with Crippen LogP contribution in [0.4, 0.5) is 4.39 Å². The van der Waals surface area contributed by atoms with Gasteiger partial charge in [0, 0.05) is 24.4 Å². The van der Waals surface area contributed by atoms with Crippen molar-refractivity contribution in [3.05, 3.63) is 29.7 Å². The van der Waals surface area contributed by atoms with Crippen molar-refractivity contribution < 1.29 is 13.7 Å². The highest BCUT2D eigenvalue weighted by atomic mass is 19.1. The molecule has 1 amide bonds. The Morgan fingerprint density at radius 2 is 2.24 bits per heavy atom. The van der Waals surface area contributed by atoms with Crippen molar-refractivity contribution in [2.75, 3.05) is 13.1 Å². The second kappa shape index (κ2) is 5.52. The van der Waals surface area contributed by atoms with Gasteiger partial charge >= 0.3 is 0 Å². The van der Waals surface area contributed by atoms with E-state index < -0.39 is 0 Å². The minimum Gasteiger partial charge on any atom is -0.356 e. The molecule has 1 aliphatic rings. The predicted molar refractivity (Wildman–Crippen MR) is 72.8 cm³/mol. The molecule has 0 saturated carbocycles. The Morgan fingerprint density at radius 3 is 2.95 bits per heavy atom. The normalized spacial score (nSPS) is 16.1. The molecule has 0 bridgehead atoms. The van der Waals surface area contributed by atoms with Crippen LogP contribution in [0.2, 0.25) is 0 Å². The molecule has 0 radical (unpaired) electrons. The van der Waals surface area contributed by atoms with Gasteiger partial charge in [0.25, 0.3) is 0 Å². The third kappa shape index (κ3) is 2.59. The topological polar surface area (TPSA) is 70.1 Å². The van der Waals surface area contributed by atoms with Crippen LogP contribution in [0.15, 0.2) is 22.7 Å². The SMILES string of the molecule is N#CCC(=O)N1CCC(c2noc3ccc(F)cc23)CC1. The van der Waals surface area contributed by atoms with E-state index in [0.717, 1.165) is 18.5 Å². The summed E-state index contributed by atoms with van der Waals surface area (Å²) < 4.78 is 18.6. The van der Waals surface area contributed by atoms with Crippen molar-refractivity contribution >= 4 is 16.9 Å². The number of piperidine rings is 1. The zero-order valence-electron chi connectivity index (χ0n) is 11.4. The lowest BCUT2D eigenvalue weighted by Gasteiger charge is -2.30. The highest BCUT2D eigenvalue weighted by Gasteiger charge is 2.27. The average molecular weight is 287 g/mol. The van der Waals surface area contributed by atoms with Gasteiger partial charge in [-0.2, -0.15) is 5.26 Å². The number of amides is 1. The molecule has 0 spiro atoms. The van der Waals surface area contributed by atoms with Gasteiger partial charge in [0.2, 0.25) is 5.91 Å². The maximum atomic E-state index is 13.4. The smallest absolute Gasteiger partial charge is 0.236 e. The molecular formula is C15H14FN3O2. The molecular weight excluding hydrogens is 273 g/mol. The number of fused-ring (bicyclic) bond motifs is 1. The Kier molecular flexibility index (Phi) is 3.57. The fourth-order valence-electron chi connectivity index (χ4n) is 2.81. The van der Waals surface area contributed by atoms with E-state index in [1.807, 2.05) is 6.07 Å². The molecule has 0 atom stereocenters. The number of nitrogens with zero attached hydrogens (tertiary/aromatic N) is 3. The van der Waals surface area contributed by atoms with E-state index in [-0.39, 0.29) is 24.1 Å². The lowest BCUT2D eigenvalue weighted by Crippen LogP contribution is -2.37. The first-order chi connectivity index (χ1) is 10.2. The Bertz CT molecular complexity index is 711. The highest BCUT2D eigenvalue weighted by molar-refractivity contribution is 5.80. The fraction of sp³-hybridized carbons (Fsp3) is 0.400. The molecule has 108 valence electrons. The zero-order valence-corrected chi connectivity index (χ0v) is 11.4. The third-order valence-corrected chi connectivity index (χ3v) is 3.92. The molecule has 21 heavy (non-hydrogen) atoms. The fourth-order valence-corrected chi connectivity index (χ4v) is 2.81. The van der Waals surface area contributed by atoms with Crippen LogP contribution in [0.5, 0.6) is 0 Å². The van der Waals surface area contributed by atoms with E-state index in [2.05, 4.69) is 5.16 Å². The predicted octanol–water partition coefficient (Wildman–Crippen LogP) is 2.59. The summed E-state index contributed by atoms with van der Waals surface area (Å²) in [5, 5.41) is 13.3. The zero-order chi connectivity index (χ0) is 14.8. The van der Waals surface area contributed by atoms with Gasteiger partial charge in [-0.15, -0.1) is 0 Å². The van der Waals surface area contributed by atoms with E-state index in [4.69, 9.17) is 9.78 Å². The molecule has 1 aromatic heterocycles. The summed E-state index contributed by atoms with van der Waals surface area (Å²) in [6, 6.07) is 6.24. The number of aromatic nitrogens is 1. The van der Waals surface area contributed by atoms with Crippen LogP contribution in [0.1, 0.15) is 30.9 Å². The van der Waals surface area contributed by atoms with Crippen LogP contribution >= 0.6 is 0 Å². The van der Waals surface area contributed by atoms with Gasteiger partial charge in [-0.3, -0.25) is 4.79 Å². The van der Waals surface area contributed by atoms with Crippen molar-refractivity contribution in [1.29, 1.82) is 5.26 Å². The molecule has 5 nitrogen and oxygen atoms in total. The van der Waals surface area contributed by atoms with E-state index in [0.29, 0.717) is 24.1 Å². The molecule has 1 saturated heterocycles. The Morgan fingerprint density at radius 1 is 1.48 bits per heavy atom. The van der Waals surface area contributed by atoms with E-state index >= 15 is 0 Å². The molecule has 1 aromatic carbocycles. The second-order valence-corrected chi connectivity index (χ2v) is 5.20. The quantitative estimate of drug-likeness (QED) is 0.851. The Balaban J connectivity index is 1.76. The molecule has 2 aromatic rings. The maximum Gasteiger partial charge on any atom is 0.236 e. The summed E-state index contributed by atoms with van der Waals surface area (Å²) in [5.41, 5.74) is 1.34. The Hall–Kier alpha value is -2.42. The number of halogens is 1. The maximum absolute atomic E-state index is 13.4. The van der Waals surface area contributed by atoms with Crippen molar-refractivity contribution in [2.24, 2.45) is 0 Å². The van der Waals surface area contributed by atoms with Gasteiger partial charge in [-0.25, -0.2) is 4.39 Å². The van der Waals surface area contributed by atoms with Gasteiger partial charge in [0.1, 0.15) is 12.2 Å². The molecule has 1 fully saturated rings. The van der Waals surface area contributed by atoms with Crippen LogP contribution < -0.4 is 0 Å². The number of likely N-dealkylation sites (tertiary alicyclic amines) is 1. The first kappa shape index (κ1) is 13.6. The Labute approximate surface area is 120 Å². The highest BCUT2D eigenvalue weighted by Crippen LogP contribution is 2.32. The van der Waals surface area contributed by atoms with Gasteiger partial charge in [-0.05, 0) is 31.0 Å². The second-order valence-electron chi connectivity index (χ2n) is 5.20. The summed E-state index contributed by atoms with van der Waals surface area (Å²) in [5.74, 6) is -0.292. The first-order valence-electron chi connectivity index (χ1n) is 6.88. The molecule has 3 rings (SSSR count). The minimum atomic E-state index is -0.311. The van der Waals surface area contributed by atoms with Crippen molar-refractivity contribution in [1.82, 2.24) is 10.1 Å². The van der Waals surface area contributed by atoms with E-state index in [1.54, 1.807) is 11.0 Å². The van der Waals surface area contributed by atoms with Crippen LogP contribution in [-0.2, 0) is 4.79 Å². The number of hydrogen-bond donors (Lipinski definition) is 0. The number of rotatable bonds is 2. The van der Waals surface area contributed by atoms with Crippen LogP contribution in [-0.4, -0.2) is 29.1 Å². The summed E-state index contributed by atoms with van der Waals surface area (Å²) in [7, 11) is 0. The first-order valence-corrected chi connectivity index (χ1v) is 6.88. The van der Waals surface area contributed by atoms with Crippen LogP contribution in [0.25, 0.3) is 11.0 Å². The van der Waals surface area contributed by atoms with Gasteiger partial charge in [-0.1, -0.05) is 5.16 Å². The minimum absolute atomic E-state index is 0.0806. The summed E-state index contributed by atoms with van der Waals surface area (Å²) in [6.45, 7) is 1.18. The lowest BCUT2D eigenvalue weighted by atomic mass is 9.91. The van der Waals surface area contributed by atoms with Crippen LogP contribution in [0, 0.1) is 17.1 Å². The van der Waals surface area contributed by atoms with Gasteiger partial charge in [0.05, 0.1) is 11.8 Å². The monoisotopic (exact) mass is 287 g/mol. The average Bonchev–Trinajstić information content (AvgIpc) is 2.90. The molecule has 0 unspecified atom stereocenters. The molecule has 0 aliphatic carbocycles. The summed E-state index contributed by atoms with van der Waals surface area (Å²) >= 11 is 0. The van der Waals surface area contributed by atoms with Crippen molar-refractivity contribution in [3.8, 4) is 6.07 Å². The molecule has 2 heterocycles. The lowest BCUT2D eigenvalue weighted by molar-refractivity contribution is -0.131. The number of nitriles is 1. The number of benzene rings is 1. The van der Waals surface area contributed by atoms with Crippen molar-refractivity contribution in [2.45, 2.75) is 25.2 Å². The number of carbonyl (C=O) groups excluding carboxylic acids is 1. The van der Waals surface area contributed by atoms with Gasteiger partial charge in [0.15, 0.2) is 5.58 Å². The summed E-state index contributed by atoms with van der Waals surface area (Å²) in [4.78, 5) is 13.4. The van der Waals surface area contributed by atoms with E-state index in [9.17, 15) is 9.18 Å². The van der Waals surface area contributed by atoms with E-state index in [1.165, 1.54) is 12.1 Å². The third-order valence-electron chi connectivity index (χ3n) is 3.92. The number of hydrogen-bond acceptors (Lipinski definition) is 4. The number of carbonyl (C=O) groups is 1. The summed E-state index contributed by atoms with van der Waals surface area (Å²) in [6.07, 6.45) is 1.41. The largest absolute Gasteiger partial charge is 0.356 e. The molecule has 1 aliphatic heterocycles. The molecule has 6 heteroatoms.